The highest BCUT2D eigenvalue weighted by molar-refractivity contribution is 7.89. The van der Waals surface area contributed by atoms with Gasteiger partial charge in [-0.25, -0.2) is 8.42 Å². The van der Waals surface area contributed by atoms with Gasteiger partial charge in [-0.1, -0.05) is 37.6 Å². The summed E-state index contributed by atoms with van der Waals surface area (Å²) < 4.78 is 32.2. The molecule has 0 radical (unpaired) electrons. The van der Waals surface area contributed by atoms with Gasteiger partial charge >= 0.3 is 0 Å². The van der Waals surface area contributed by atoms with Crippen LogP contribution in [0.5, 0.6) is 5.75 Å². The first kappa shape index (κ1) is 24.1. The van der Waals surface area contributed by atoms with Crippen molar-refractivity contribution in [1.29, 1.82) is 0 Å². The van der Waals surface area contributed by atoms with Crippen LogP contribution in [0.25, 0.3) is 0 Å². The second-order valence-corrected chi connectivity index (χ2v) is 9.03. The minimum absolute atomic E-state index is 0.0316. The van der Waals surface area contributed by atoms with E-state index in [2.05, 4.69) is 10.6 Å². The Balaban J connectivity index is 2.13. The molecule has 2 aromatic rings. The summed E-state index contributed by atoms with van der Waals surface area (Å²) in [5.74, 6) is 0.0595. The van der Waals surface area contributed by atoms with Gasteiger partial charge < -0.3 is 15.4 Å². The lowest BCUT2D eigenvalue weighted by Gasteiger charge is -2.20. The number of carbonyl (C=O) groups excluding carboxylic acids is 1. The number of sulfonamides is 1. The van der Waals surface area contributed by atoms with Crippen molar-refractivity contribution in [2.24, 2.45) is 0 Å². The van der Waals surface area contributed by atoms with Crippen molar-refractivity contribution in [3.05, 3.63) is 53.1 Å². The number of carbonyl (C=O) groups is 1. The topological polar surface area (TPSA) is 87.7 Å². The number of anilines is 1. The van der Waals surface area contributed by atoms with Crippen LogP contribution in [-0.4, -0.2) is 45.4 Å². The molecule has 9 heteroatoms. The summed E-state index contributed by atoms with van der Waals surface area (Å²) in [7, 11) is -2.19. The van der Waals surface area contributed by atoms with Gasteiger partial charge in [-0.2, -0.15) is 4.31 Å². The predicted molar refractivity (Wildman–Crippen MR) is 120 cm³/mol. The molecule has 0 saturated heterocycles. The van der Waals surface area contributed by atoms with Crippen LogP contribution in [0.4, 0.5) is 5.69 Å². The maximum Gasteiger partial charge on any atom is 0.243 e. The Kier molecular flexibility index (Phi) is 8.66. The third-order valence-electron chi connectivity index (χ3n) is 4.71. The zero-order valence-corrected chi connectivity index (χ0v) is 19.2. The van der Waals surface area contributed by atoms with Crippen LogP contribution in [0, 0.1) is 0 Å². The van der Waals surface area contributed by atoms with E-state index in [1.165, 1.54) is 29.6 Å². The Labute approximate surface area is 183 Å². The van der Waals surface area contributed by atoms with Crippen LogP contribution in [0.2, 0.25) is 5.02 Å². The number of hydrogen-bond acceptors (Lipinski definition) is 5. The van der Waals surface area contributed by atoms with Crippen LogP contribution >= 0.6 is 11.6 Å². The summed E-state index contributed by atoms with van der Waals surface area (Å²) >= 11 is 6.01. The van der Waals surface area contributed by atoms with Gasteiger partial charge in [0.1, 0.15) is 5.75 Å². The molecule has 0 heterocycles. The van der Waals surface area contributed by atoms with E-state index in [1.807, 2.05) is 25.1 Å². The molecule has 0 aliphatic rings. The summed E-state index contributed by atoms with van der Waals surface area (Å²) in [6, 6.07) is 11.7. The molecule has 0 unspecified atom stereocenters. The lowest BCUT2D eigenvalue weighted by atomic mass is 10.1. The summed E-state index contributed by atoms with van der Waals surface area (Å²) in [6.45, 7) is 6.23. The molecule has 1 atom stereocenters. The normalized spacial score (nSPS) is 12.6. The van der Waals surface area contributed by atoms with Crippen LogP contribution in [-0.2, 0) is 14.8 Å². The fraction of sp³-hybridized carbons (Fsp3) is 0.381. The van der Waals surface area contributed by atoms with Crippen LogP contribution in [0.3, 0.4) is 0 Å². The van der Waals surface area contributed by atoms with Crippen molar-refractivity contribution in [2.45, 2.75) is 31.7 Å². The second kappa shape index (κ2) is 10.8. The SMILES string of the molecule is CCN(CC)S(=O)(=O)c1ccc(OC)c(NC(=O)CN[C@@H](C)c2cccc(Cl)c2)c1. The fourth-order valence-electron chi connectivity index (χ4n) is 2.99. The van der Waals surface area contributed by atoms with E-state index >= 15 is 0 Å². The third kappa shape index (κ3) is 5.95. The average molecular weight is 454 g/mol. The maximum atomic E-state index is 12.8. The predicted octanol–water partition coefficient (Wildman–Crippen LogP) is 3.67. The van der Waals surface area contributed by atoms with Crippen molar-refractivity contribution in [1.82, 2.24) is 9.62 Å². The lowest BCUT2D eigenvalue weighted by Crippen LogP contribution is -2.31. The molecule has 0 spiro atoms. The van der Waals surface area contributed by atoms with Crippen LogP contribution in [0.15, 0.2) is 47.4 Å². The Morgan fingerprint density at radius 1 is 1.17 bits per heavy atom. The molecule has 0 aliphatic carbocycles. The summed E-state index contributed by atoms with van der Waals surface area (Å²) in [5.41, 5.74) is 1.26. The molecule has 0 saturated carbocycles. The van der Waals surface area contributed by atoms with Gasteiger partial charge in [-0.05, 0) is 42.8 Å². The first-order valence-corrected chi connectivity index (χ1v) is 11.5. The van der Waals surface area contributed by atoms with E-state index in [0.717, 1.165) is 5.56 Å². The Bertz CT molecular complexity index is 978. The molecular weight excluding hydrogens is 426 g/mol. The van der Waals surface area contributed by atoms with Crippen molar-refractivity contribution < 1.29 is 17.9 Å². The summed E-state index contributed by atoms with van der Waals surface area (Å²) in [6.07, 6.45) is 0. The largest absolute Gasteiger partial charge is 0.495 e. The Hall–Kier alpha value is -2.13. The molecule has 2 rings (SSSR count). The molecule has 0 aromatic heterocycles. The van der Waals surface area contributed by atoms with Gasteiger partial charge in [0, 0.05) is 24.2 Å². The van der Waals surface area contributed by atoms with E-state index in [9.17, 15) is 13.2 Å². The van der Waals surface area contributed by atoms with Crippen LogP contribution in [0.1, 0.15) is 32.4 Å². The van der Waals surface area contributed by atoms with E-state index in [1.54, 1.807) is 19.9 Å². The number of benzene rings is 2. The van der Waals surface area contributed by atoms with Gasteiger partial charge in [0.25, 0.3) is 0 Å². The molecule has 30 heavy (non-hydrogen) atoms. The number of ether oxygens (including phenoxy) is 1. The quantitative estimate of drug-likeness (QED) is 0.573. The highest BCUT2D eigenvalue weighted by atomic mass is 35.5. The van der Waals surface area contributed by atoms with E-state index in [-0.39, 0.29) is 23.4 Å². The average Bonchev–Trinajstić information content (AvgIpc) is 2.72. The lowest BCUT2D eigenvalue weighted by molar-refractivity contribution is -0.115. The first-order valence-electron chi connectivity index (χ1n) is 9.69. The maximum absolute atomic E-state index is 12.8. The second-order valence-electron chi connectivity index (χ2n) is 6.66. The van der Waals surface area contributed by atoms with Crippen molar-refractivity contribution >= 4 is 33.2 Å². The monoisotopic (exact) mass is 453 g/mol. The zero-order chi connectivity index (χ0) is 22.3. The number of nitrogens with one attached hydrogen (secondary N) is 2. The molecule has 164 valence electrons. The minimum atomic E-state index is -3.65. The fourth-order valence-corrected chi connectivity index (χ4v) is 4.68. The van der Waals surface area contributed by atoms with E-state index < -0.39 is 10.0 Å². The molecule has 2 aromatic carbocycles. The highest BCUT2D eigenvalue weighted by Crippen LogP contribution is 2.29. The van der Waals surface area contributed by atoms with Crippen LogP contribution < -0.4 is 15.4 Å². The van der Waals surface area contributed by atoms with Crippen molar-refractivity contribution in [3.63, 3.8) is 0 Å². The number of nitrogens with zero attached hydrogens (tertiary/aromatic N) is 1. The molecule has 1 amide bonds. The van der Waals surface area contributed by atoms with Gasteiger partial charge in [-0.3, -0.25) is 4.79 Å². The molecule has 2 N–H and O–H groups in total. The molecule has 0 fully saturated rings. The first-order chi connectivity index (χ1) is 14.2. The molecular formula is C21H28ClN3O4S. The molecule has 7 nitrogen and oxygen atoms in total. The number of halogens is 1. The Morgan fingerprint density at radius 3 is 2.47 bits per heavy atom. The van der Waals surface area contributed by atoms with Gasteiger partial charge in [0.05, 0.1) is 24.2 Å². The van der Waals surface area contributed by atoms with Gasteiger partial charge in [-0.15, -0.1) is 0 Å². The Morgan fingerprint density at radius 2 is 1.87 bits per heavy atom. The van der Waals surface area contributed by atoms with Crippen molar-refractivity contribution in [3.8, 4) is 5.75 Å². The summed E-state index contributed by atoms with van der Waals surface area (Å²) in [4.78, 5) is 12.6. The smallest absolute Gasteiger partial charge is 0.243 e. The molecule has 0 aliphatic heterocycles. The van der Waals surface area contributed by atoms with E-state index in [0.29, 0.717) is 29.5 Å². The van der Waals surface area contributed by atoms with Gasteiger partial charge in [0.2, 0.25) is 15.9 Å². The highest BCUT2D eigenvalue weighted by Gasteiger charge is 2.23. The number of amides is 1. The third-order valence-corrected chi connectivity index (χ3v) is 6.99. The zero-order valence-electron chi connectivity index (χ0n) is 17.6. The minimum Gasteiger partial charge on any atom is -0.495 e. The number of hydrogen-bond donors (Lipinski definition) is 2. The molecule has 0 bridgehead atoms. The summed E-state index contributed by atoms with van der Waals surface area (Å²) in [5, 5.41) is 6.49. The standard InChI is InChI=1S/C21H28ClN3O4S/c1-5-25(6-2)30(27,28)18-10-11-20(29-4)19(13-18)24-21(26)14-23-15(3)16-8-7-9-17(22)12-16/h7-13,15,23H,5-6,14H2,1-4H3,(H,24,26)/t15-/m0/s1. The van der Waals surface area contributed by atoms with E-state index in [4.69, 9.17) is 16.3 Å². The van der Waals surface area contributed by atoms with Crippen molar-refractivity contribution in [2.75, 3.05) is 32.1 Å². The number of rotatable bonds is 10. The van der Waals surface area contributed by atoms with Gasteiger partial charge in [0.15, 0.2) is 0 Å². The number of methoxy groups -OCH3 is 1.